The SMILES string of the molecule is C[S+](C)/C=C\c1ccc([N+](=O)[O-])cc1. The van der Waals surface area contributed by atoms with Crippen molar-refractivity contribution in [3.05, 3.63) is 45.4 Å². The fourth-order valence-electron chi connectivity index (χ4n) is 0.922. The normalized spacial score (nSPS) is 11.1. The average molecular weight is 210 g/mol. The van der Waals surface area contributed by atoms with E-state index in [0.29, 0.717) is 0 Å². The van der Waals surface area contributed by atoms with Crippen LogP contribution < -0.4 is 0 Å². The predicted molar refractivity (Wildman–Crippen MR) is 61.3 cm³/mol. The monoisotopic (exact) mass is 210 g/mol. The lowest BCUT2D eigenvalue weighted by molar-refractivity contribution is -0.384. The Morgan fingerprint density at radius 3 is 2.29 bits per heavy atom. The van der Waals surface area contributed by atoms with Crippen LogP contribution in [0.15, 0.2) is 29.7 Å². The number of nitro groups is 1. The first-order valence-electron chi connectivity index (χ1n) is 4.08. The molecule has 1 aromatic rings. The lowest BCUT2D eigenvalue weighted by Gasteiger charge is -1.92. The zero-order chi connectivity index (χ0) is 10.6. The third-order valence-electron chi connectivity index (χ3n) is 1.64. The lowest BCUT2D eigenvalue weighted by Crippen LogP contribution is -1.88. The largest absolute Gasteiger partial charge is 0.269 e. The van der Waals surface area contributed by atoms with Crippen LogP contribution in [-0.2, 0) is 10.9 Å². The third kappa shape index (κ3) is 3.22. The van der Waals surface area contributed by atoms with Crippen LogP contribution in [0.2, 0.25) is 0 Å². The summed E-state index contributed by atoms with van der Waals surface area (Å²) in [6.07, 6.45) is 6.20. The third-order valence-corrected chi connectivity index (χ3v) is 2.32. The molecule has 0 radical (unpaired) electrons. The molecule has 0 saturated carbocycles. The van der Waals surface area contributed by atoms with Crippen molar-refractivity contribution >= 4 is 22.7 Å². The van der Waals surface area contributed by atoms with Gasteiger partial charge in [0.15, 0.2) is 0 Å². The Balaban J connectivity index is 2.78. The molecular formula is C10H12NO2S+. The fourth-order valence-corrected chi connectivity index (χ4v) is 1.35. The average Bonchev–Trinajstić information content (AvgIpc) is 2.15. The van der Waals surface area contributed by atoms with E-state index >= 15 is 0 Å². The molecule has 1 aromatic carbocycles. The molecule has 0 heterocycles. The van der Waals surface area contributed by atoms with E-state index in [1.807, 2.05) is 6.08 Å². The highest BCUT2D eigenvalue weighted by Crippen LogP contribution is 2.13. The van der Waals surface area contributed by atoms with Crippen molar-refractivity contribution in [2.24, 2.45) is 0 Å². The van der Waals surface area contributed by atoms with Gasteiger partial charge in [0.2, 0.25) is 0 Å². The molecule has 0 amide bonds. The van der Waals surface area contributed by atoms with Crippen molar-refractivity contribution in [2.45, 2.75) is 0 Å². The van der Waals surface area contributed by atoms with Gasteiger partial charge in [-0.05, 0) is 23.8 Å². The molecule has 0 aliphatic carbocycles. The van der Waals surface area contributed by atoms with E-state index in [2.05, 4.69) is 17.9 Å². The van der Waals surface area contributed by atoms with Gasteiger partial charge in [0.05, 0.1) is 4.92 Å². The molecule has 0 aromatic heterocycles. The smallest absolute Gasteiger partial charge is 0.258 e. The van der Waals surface area contributed by atoms with E-state index in [1.165, 1.54) is 12.1 Å². The summed E-state index contributed by atoms with van der Waals surface area (Å²) in [7, 11) is 0.255. The van der Waals surface area contributed by atoms with Crippen LogP contribution in [-0.4, -0.2) is 17.4 Å². The first kappa shape index (κ1) is 10.8. The molecule has 0 aliphatic rings. The van der Waals surface area contributed by atoms with E-state index in [0.717, 1.165) is 5.56 Å². The minimum atomic E-state index is -0.391. The van der Waals surface area contributed by atoms with Gasteiger partial charge in [-0.3, -0.25) is 10.1 Å². The van der Waals surface area contributed by atoms with Gasteiger partial charge in [-0.1, -0.05) is 0 Å². The zero-order valence-corrected chi connectivity index (χ0v) is 8.95. The van der Waals surface area contributed by atoms with Gasteiger partial charge in [-0.2, -0.15) is 0 Å². The maximum atomic E-state index is 10.4. The van der Waals surface area contributed by atoms with E-state index in [9.17, 15) is 10.1 Å². The van der Waals surface area contributed by atoms with Gasteiger partial charge in [0, 0.05) is 23.0 Å². The molecule has 74 valence electrons. The quantitative estimate of drug-likeness (QED) is 0.437. The summed E-state index contributed by atoms with van der Waals surface area (Å²) in [5.41, 5.74) is 1.13. The number of nitro benzene ring substituents is 1. The van der Waals surface area contributed by atoms with Crippen molar-refractivity contribution in [2.75, 3.05) is 12.5 Å². The Labute approximate surface area is 85.9 Å². The van der Waals surface area contributed by atoms with Crippen LogP contribution in [0.4, 0.5) is 5.69 Å². The summed E-state index contributed by atoms with van der Waals surface area (Å²) >= 11 is 0. The Morgan fingerprint density at radius 1 is 1.29 bits per heavy atom. The summed E-state index contributed by atoms with van der Waals surface area (Å²) in [4.78, 5) is 9.98. The van der Waals surface area contributed by atoms with Crippen molar-refractivity contribution < 1.29 is 4.92 Å². The minimum absolute atomic E-state index is 0.133. The van der Waals surface area contributed by atoms with E-state index in [4.69, 9.17) is 0 Å². The Hall–Kier alpha value is -1.29. The predicted octanol–water partition coefficient (Wildman–Crippen LogP) is 2.44. The molecular weight excluding hydrogens is 198 g/mol. The number of hydrogen-bond acceptors (Lipinski definition) is 2. The molecule has 0 atom stereocenters. The van der Waals surface area contributed by atoms with Gasteiger partial charge in [-0.25, -0.2) is 0 Å². The molecule has 0 unspecified atom stereocenters. The van der Waals surface area contributed by atoms with Crippen LogP contribution in [0.5, 0.6) is 0 Å². The van der Waals surface area contributed by atoms with Crippen LogP contribution >= 0.6 is 0 Å². The molecule has 0 fully saturated rings. The van der Waals surface area contributed by atoms with Crippen LogP contribution in [0.3, 0.4) is 0 Å². The summed E-state index contributed by atoms with van der Waals surface area (Å²) in [5, 5.41) is 12.5. The maximum absolute atomic E-state index is 10.4. The van der Waals surface area contributed by atoms with Crippen LogP contribution in [0.1, 0.15) is 5.56 Å². The summed E-state index contributed by atoms with van der Waals surface area (Å²) in [6.45, 7) is 0. The Bertz CT molecular complexity index is 344. The fraction of sp³-hybridized carbons (Fsp3) is 0.200. The summed E-state index contributed by atoms with van der Waals surface area (Å²) in [6, 6.07) is 6.54. The van der Waals surface area contributed by atoms with Gasteiger partial charge < -0.3 is 0 Å². The molecule has 0 bridgehead atoms. The molecule has 0 aliphatic heterocycles. The van der Waals surface area contributed by atoms with E-state index < -0.39 is 4.92 Å². The van der Waals surface area contributed by atoms with Gasteiger partial charge in [0.1, 0.15) is 17.9 Å². The molecule has 0 N–H and O–H groups in total. The second kappa shape index (κ2) is 4.81. The summed E-state index contributed by atoms with van der Waals surface area (Å²) < 4.78 is 0. The van der Waals surface area contributed by atoms with Crippen LogP contribution in [0.25, 0.3) is 6.08 Å². The highest BCUT2D eigenvalue weighted by Gasteiger charge is 2.02. The van der Waals surface area contributed by atoms with E-state index in [-0.39, 0.29) is 16.6 Å². The van der Waals surface area contributed by atoms with Crippen molar-refractivity contribution in [3.63, 3.8) is 0 Å². The van der Waals surface area contributed by atoms with Gasteiger partial charge in [-0.15, -0.1) is 0 Å². The van der Waals surface area contributed by atoms with Crippen molar-refractivity contribution in [1.82, 2.24) is 0 Å². The first-order chi connectivity index (χ1) is 6.59. The molecule has 14 heavy (non-hydrogen) atoms. The number of hydrogen-bond donors (Lipinski definition) is 0. The maximum Gasteiger partial charge on any atom is 0.269 e. The Kier molecular flexibility index (Phi) is 3.71. The molecule has 0 saturated heterocycles. The van der Waals surface area contributed by atoms with Crippen LogP contribution in [0, 0.1) is 10.1 Å². The number of benzene rings is 1. The Morgan fingerprint density at radius 2 is 1.86 bits per heavy atom. The zero-order valence-electron chi connectivity index (χ0n) is 8.14. The lowest BCUT2D eigenvalue weighted by atomic mass is 10.2. The van der Waals surface area contributed by atoms with Crippen molar-refractivity contribution in [3.8, 4) is 0 Å². The van der Waals surface area contributed by atoms with Crippen molar-refractivity contribution in [1.29, 1.82) is 0 Å². The second-order valence-corrected chi connectivity index (χ2v) is 5.06. The second-order valence-electron chi connectivity index (χ2n) is 3.03. The molecule has 4 heteroatoms. The number of non-ortho nitro benzene ring substituents is 1. The van der Waals surface area contributed by atoms with E-state index in [1.54, 1.807) is 12.1 Å². The standard InChI is InChI=1S/C10H12NO2S/c1-14(2)8-7-9-3-5-10(6-4-9)11(12)13/h3-8H,1-2H3/q+1/b8-7-. The highest BCUT2D eigenvalue weighted by molar-refractivity contribution is 7.98. The highest BCUT2D eigenvalue weighted by atomic mass is 32.2. The summed E-state index contributed by atoms with van der Waals surface area (Å²) in [5.74, 6) is 0. The van der Waals surface area contributed by atoms with Gasteiger partial charge >= 0.3 is 0 Å². The molecule has 1 rings (SSSR count). The number of nitrogens with zero attached hydrogens (tertiary/aromatic N) is 1. The number of rotatable bonds is 3. The molecule has 3 nitrogen and oxygen atoms in total. The minimum Gasteiger partial charge on any atom is -0.258 e. The topological polar surface area (TPSA) is 43.1 Å². The molecule has 0 spiro atoms. The first-order valence-corrected chi connectivity index (χ1v) is 6.19. The van der Waals surface area contributed by atoms with Gasteiger partial charge in [0.25, 0.3) is 5.69 Å².